The van der Waals surface area contributed by atoms with Crippen LogP contribution in [-0.4, -0.2) is 52.6 Å². The molecule has 1 aliphatic heterocycles. The highest BCUT2D eigenvalue weighted by atomic mass is 35.5. The molecule has 1 fully saturated rings. The van der Waals surface area contributed by atoms with Crippen molar-refractivity contribution in [1.82, 2.24) is 4.90 Å². The zero-order valence-electron chi connectivity index (χ0n) is 19.1. The number of carbonyl (C=O) groups is 1. The van der Waals surface area contributed by atoms with Crippen LogP contribution in [0.3, 0.4) is 0 Å². The Balaban J connectivity index is 1.56. The van der Waals surface area contributed by atoms with Crippen LogP contribution < -0.4 is 9.46 Å². The number of methoxy groups -OCH3 is 1. The number of carbonyl (C=O) groups excluding carboxylic acids is 1. The Bertz CT molecular complexity index is 1290. The number of rotatable bonds is 8. The standard InChI is InChI=1S/C25H25ClN2O5S2/c1-32-23-11-10-20(16-21(23)25(29)28-12-14-33-15-13-28)35(30,31)27-22-4-2-3-5-24(22)34-17-18-6-8-19(26)9-7-18/h2-11,16,27H,12-15,17H2,1H3. The molecule has 0 bridgehead atoms. The molecule has 3 aromatic rings. The van der Waals surface area contributed by atoms with Crippen molar-refractivity contribution in [3.63, 3.8) is 0 Å². The normalized spacial score (nSPS) is 13.9. The van der Waals surface area contributed by atoms with Crippen LogP contribution in [0.5, 0.6) is 5.75 Å². The fourth-order valence-electron chi connectivity index (χ4n) is 3.58. The Labute approximate surface area is 214 Å². The largest absolute Gasteiger partial charge is 0.496 e. The van der Waals surface area contributed by atoms with E-state index in [9.17, 15) is 13.2 Å². The lowest BCUT2D eigenvalue weighted by Crippen LogP contribution is -2.40. The van der Waals surface area contributed by atoms with Gasteiger partial charge in [-0.2, -0.15) is 0 Å². The maximum absolute atomic E-state index is 13.3. The SMILES string of the molecule is COc1ccc(S(=O)(=O)Nc2ccccc2SCc2ccc(Cl)cc2)cc1C(=O)N1CCOCC1. The van der Waals surface area contributed by atoms with Gasteiger partial charge in [0.25, 0.3) is 15.9 Å². The molecule has 35 heavy (non-hydrogen) atoms. The van der Waals surface area contributed by atoms with Crippen molar-refractivity contribution in [2.45, 2.75) is 15.5 Å². The Morgan fingerprint density at radius 3 is 2.51 bits per heavy atom. The van der Waals surface area contributed by atoms with Crippen LogP contribution in [0.2, 0.25) is 5.02 Å². The van der Waals surface area contributed by atoms with Crippen molar-refractivity contribution in [2.24, 2.45) is 0 Å². The maximum Gasteiger partial charge on any atom is 0.261 e. The van der Waals surface area contributed by atoms with Crippen LogP contribution >= 0.6 is 23.4 Å². The summed E-state index contributed by atoms with van der Waals surface area (Å²) >= 11 is 7.47. The number of hydrogen-bond acceptors (Lipinski definition) is 6. The predicted molar refractivity (Wildman–Crippen MR) is 138 cm³/mol. The molecule has 0 aromatic heterocycles. The van der Waals surface area contributed by atoms with E-state index in [-0.39, 0.29) is 16.4 Å². The number of benzene rings is 3. The molecule has 0 spiro atoms. The molecular formula is C25H25ClN2O5S2. The molecule has 0 atom stereocenters. The summed E-state index contributed by atoms with van der Waals surface area (Å²) in [6.07, 6.45) is 0. The Morgan fingerprint density at radius 2 is 1.80 bits per heavy atom. The fraction of sp³-hybridized carbons (Fsp3) is 0.240. The van der Waals surface area contributed by atoms with Gasteiger partial charge in [0.2, 0.25) is 0 Å². The van der Waals surface area contributed by atoms with Gasteiger partial charge in [-0.25, -0.2) is 8.42 Å². The summed E-state index contributed by atoms with van der Waals surface area (Å²) in [7, 11) is -2.52. The lowest BCUT2D eigenvalue weighted by Gasteiger charge is -2.27. The minimum atomic E-state index is -3.97. The van der Waals surface area contributed by atoms with Gasteiger partial charge >= 0.3 is 0 Å². The number of halogens is 1. The smallest absolute Gasteiger partial charge is 0.261 e. The van der Waals surface area contributed by atoms with Gasteiger partial charge < -0.3 is 14.4 Å². The predicted octanol–water partition coefficient (Wildman–Crippen LogP) is 4.91. The fourth-order valence-corrected chi connectivity index (χ4v) is 5.84. The lowest BCUT2D eigenvalue weighted by molar-refractivity contribution is 0.0300. The third kappa shape index (κ3) is 6.29. The Hall–Kier alpha value is -2.72. The Morgan fingerprint density at radius 1 is 1.09 bits per heavy atom. The minimum Gasteiger partial charge on any atom is -0.496 e. The van der Waals surface area contributed by atoms with Gasteiger partial charge in [-0.1, -0.05) is 35.9 Å². The topological polar surface area (TPSA) is 84.9 Å². The molecule has 10 heteroatoms. The third-order valence-electron chi connectivity index (χ3n) is 5.45. The minimum absolute atomic E-state index is 0.0209. The van der Waals surface area contributed by atoms with Crippen molar-refractivity contribution >= 4 is 45.0 Å². The van der Waals surface area contributed by atoms with Crippen molar-refractivity contribution in [3.05, 3.63) is 82.9 Å². The first-order valence-corrected chi connectivity index (χ1v) is 13.8. The molecule has 1 heterocycles. The van der Waals surface area contributed by atoms with E-state index in [2.05, 4.69) is 4.72 Å². The summed E-state index contributed by atoms with van der Waals surface area (Å²) in [5.74, 6) is 0.678. The number of anilines is 1. The van der Waals surface area contributed by atoms with Crippen molar-refractivity contribution < 1.29 is 22.7 Å². The highest BCUT2D eigenvalue weighted by Crippen LogP contribution is 2.32. The first kappa shape index (κ1) is 25.4. The van der Waals surface area contributed by atoms with Gasteiger partial charge in [0, 0.05) is 28.8 Å². The van der Waals surface area contributed by atoms with E-state index >= 15 is 0 Å². The lowest BCUT2D eigenvalue weighted by atomic mass is 10.1. The summed E-state index contributed by atoms with van der Waals surface area (Å²) in [4.78, 5) is 15.5. The van der Waals surface area contributed by atoms with Crippen LogP contribution in [0.1, 0.15) is 15.9 Å². The second-order valence-corrected chi connectivity index (χ2v) is 10.9. The number of nitrogens with zero attached hydrogens (tertiary/aromatic N) is 1. The molecule has 0 aliphatic carbocycles. The van der Waals surface area contributed by atoms with E-state index in [1.807, 2.05) is 36.4 Å². The molecule has 1 amide bonds. The first-order valence-electron chi connectivity index (χ1n) is 10.9. The highest BCUT2D eigenvalue weighted by molar-refractivity contribution is 7.98. The van der Waals surface area contributed by atoms with Crippen LogP contribution in [0, 0.1) is 0 Å². The summed E-state index contributed by atoms with van der Waals surface area (Å²) in [6.45, 7) is 1.76. The van der Waals surface area contributed by atoms with Crippen LogP contribution in [0.25, 0.3) is 0 Å². The number of sulfonamides is 1. The van der Waals surface area contributed by atoms with E-state index < -0.39 is 10.0 Å². The molecule has 0 saturated carbocycles. The summed E-state index contributed by atoms with van der Waals surface area (Å²) in [5, 5.41) is 0.665. The van der Waals surface area contributed by atoms with Gasteiger partial charge in [-0.3, -0.25) is 9.52 Å². The van der Waals surface area contributed by atoms with E-state index in [4.69, 9.17) is 21.1 Å². The molecule has 184 valence electrons. The monoisotopic (exact) mass is 532 g/mol. The zero-order chi connectivity index (χ0) is 24.8. The van der Waals surface area contributed by atoms with Gasteiger partial charge in [-0.05, 0) is 48.0 Å². The second kappa shape index (κ2) is 11.3. The second-order valence-electron chi connectivity index (χ2n) is 7.78. The van der Waals surface area contributed by atoms with Crippen molar-refractivity contribution in [1.29, 1.82) is 0 Å². The van der Waals surface area contributed by atoms with E-state index in [0.29, 0.717) is 48.5 Å². The number of amides is 1. The van der Waals surface area contributed by atoms with Crippen LogP contribution in [0.15, 0.2) is 76.5 Å². The molecule has 3 aromatic carbocycles. The maximum atomic E-state index is 13.3. The van der Waals surface area contributed by atoms with E-state index in [0.717, 1.165) is 10.5 Å². The first-order chi connectivity index (χ1) is 16.9. The summed E-state index contributed by atoms with van der Waals surface area (Å²) in [5.41, 5.74) is 1.73. The number of thioether (sulfide) groups is 1. The molecule has 0 radical (unpaired) electrons. The van der Waals surface area contributed by atoms with Gasteiger partial charge in [0.05, 0.1) is 36.5 Å². The third-order valence-corrected chi connectivity index (χ3v) is 8.21. The van der Waals surface area contributed by atoms with Gasteiger partial charge in [0.1, 0.15) is 5.75 Å². The molecule has 1 aliphatic rings. The molecular weight excluding hydrogens is 508 g/mol. The van der Waals surface area contributed by atoms with Gasteiger partial charge in [-0.15, -0.1) is 11.8 Å². The number of hydrogen-bond donors (Lipinski definition) is 1. The summed E-state index contributed by atoms with van der Waals surface area (Å²) in [6, 6.07) is 19.0. The molecule has 7 nitrogen and oxygen atoms in total. The number of para-hydroxylation sites is 1. The summed E-state index contributed by atoms with van der Waals surface area (Å²) < 4.78 is 39.9. The molecule has 1 N–H and O–H groups in total. The molecule has 1 saturated heterocycles. The average Bonchev–Trinajstić information content (AvgIpc) is 2.88. The van der Waals surface area contributed by atoms with Crippen molar-refractivity contribution in [2.75, 3.05) is 38.1 Å². The average molecular weight is 533 g/mol. The zero-order valence-corrected chi connectivity index (χ0v) is 21.5. The number of nitrogens with one attached hydrogen (secondary N) is 1. The van der Waals surface area contributed by atoms with Crippen molar-refractivity contribution in [3.8, 4) is 5.75 Å². The number of ether oxygens (including phenoxy) is 2. The van der Waals surface area contributed by atoms with Gasteiger partial charge in [0.15, 0.2) is 0 Å². The van der Waals surface area contributed by atoms with E-state index in [1.165, 1.54) is 37.1 Å². The highest BCUT2D eigenvalue weighted by Gasteiger charge is 2.25. The molecule has 4 rings (SSSR count). The van der Waals surface area contributed by atoms with Crippen LogP contribution in [-0.2, 0) is 20.5 Å². The van der Waals surface area contributed by atoms with E-state index in [1.54, 1.807) is 17.0 Å². The van der Waals surface area contributed by atoms with Crippen LogP contribution in [0.4, 0.5) is 5.69 Å². The quantitative estimate of drug-likeness (QED) is 0.415. The Kier molecular flexibility index (Phi) is 8.22. The molecule has 0 unspecified atom stereocenters. The number of morpholine rings is 1.